The fourth-order valence-corrected chi connectivity index (χ4v) is 5.94. The third-order valence-corrected chi connectivity index (χ3v) is 7.01. The molecule has 0 aliphatic carbocycles. The number of hydrogen-bond acceptors (Lipinski definition) is 5. The maximum atomic E-state index is 12.7. The molecule has 2 amide bonds. The van der Waals surface area contributed by atoms with Crippen LogP contribution in [0.2, 0.25) is 0 Å². The molecule has 178 valence electrons. The van der Waals surface area contributed by atoms with E-state index in [1.165, 1.54) is 0 Å². The molecule has 0 radical (unpaired) electrons. The minimum Gasteiger partial charge on any atom is -0.349 e. The quantitative estimate of drug-likeness (QED) is 0.575. The van der Waals surface area contributed by atoms with E-state index in [2.05, 4.69) is 43.6 Å². The van der Waals surface area contributed by atoms with Gasteiger partial charge in [-0.05, 0) is 70.4 Å². The highest BCUT2D eigenvalue weighted by Gasteiger charge is 2.38. The summed E-state index contributed by atoms with van der Waals surface area (Å²) in [6, 6.07) is 15.3. The lowest BCUT2D eigenvalue weighted by Crippen LogP contribution is -2.62. The van der Waals surface area contributed by atoms with Gasteiger partial charge < -0.3 is 16.0 Å². The number of benzene rings is 2. The van der Waals surface area contributed by atoms with Crippen LogP contribution in [0.15, 0.2) is 54.6 Å². The first-order valence-electron chi connectivity index (χ1n) is 11.1. The number of para-hydroxylation sites is 1. The Morgan fingerprint density at radius 1 is 0.939 bits per heavy atom. The normalized spacial score (nSPS) is 17.8. The van der Waals surface area contributed by atoms with Gasteiger partial charge in [0.15, 0.2) is 9.84 Å². The molecule has 0 spiro atoms. The minimum absolute atomic E-state index is 0.0481. The molecule has 2 aromatic carbocycles. The van der Waals surface area contributed by atoms with Crippen LogP contribution in [0.25, 0.3) is 0 Å². The molecular formula is C25H33N3O4S. The summed E-state index contributed by atoms with van der Waals surface area (Å²) in [6.07, 6.45) is 1.65. The summed E-state index contributed by atoms with van der Waals surface area (Å²) in [4.78, 5) is 24.8. The minimum atomic E-state index is -3.66. The highest BCUT2D eigenvalue weighted by atomic mass is 32.2. The van der Waals surface area contributed by atoms with Gasteiger partial charge in [0.05, 0.1) is 5.75 Å². The Labute approximate surface area is 196 Å². The van der Waals surface area contributed by atoms with Crippen molar-refractivity contribution in [2.75, 3.05) is 11.1 Å². The van der Waals surface area contributed by atoms with Crippen LogP contribution in [0, 0.1) is 0 Å². The fourth-order valence-electron chi connectivity index (χ4n) is 4.67. The largest absolute Gasteiger partial charge is 0.349 e. The maximum Gasteiger partial charge on any atom is 0.251 e. The van der Waals surface area contributed by atoms with Crippen molar-refractivity contribution < 1.29 is 18.0 Å². The third-order valence-electron chi connectivity index (χ3n) is 5.54. The Bertz CT molecular complexity index is 1080. The number of carbonyl (C=O) groups excluding carboxylic acids is 2. The number of rotatable bonds is 7. The molecular weight excluding hydrogens is 438 g/mol. The van der Waals surface area contributed by atoms with Gasteiger partial charge in [-0.15, -0.1) is 0 Å². The van der Waals surface area contributed by atoms with Gasteiger partial charge in [-0.2, -0.15) is 0 Å². The molecule has 1 fully saturated rings. The van der Waals surface area contributed by atoms with E-state index in [-0.39, 0.29) is 28.8 Å². The molecule has 0 aromatic heterocycles. The molecule has 33 heavy (non-hydrogen) atoms. The summed E-state index contributed by atoms with van der Waals surface area (Å²) in [6.45, 7) is 8.51. The number of hydrogen-bond donors (Lipinski definition) is 3. The maximum absolute atomic E-state index is 12.7. The predicted molar refractivity (Wildman–Crippen MR) is 131 cm³/mol. The van der Waals surface area contributed by atoms with Gasteiger partial charge in [0.1, 0.15) is 5.75 Å². The molecule has 0 saturated carbocycles. The molecule has 1 aliphatic rings. The summed E-state index contributed by atoms with van der Waals surface area (Å²) < 4.78 is 24.9. The smallest absolute Gasteiger partial charge is 0.251 e. The van der Waals surface area contributed by atoms with E-state index in [1.54, 1.807) is 48.5 Å². The van der Waals surface area contributed by atoms with Crippen LogP contribution < -0.4 is 16.0 Å². The van der Waals surface area contributed by atoms with Crippen LogP contribution in [0.3, 0.4) is 0 Å². The van der Waals surface area contributed by atoms with E-state index in [9.17, 15) is 18.0 Å². The third kappa shape index (κ3) is 7.68. The van der Waals surface area contributed by atoms with E-state index in [0.717, 1.165) is 12.8 Å². The van der Waals surface area contributed by atoms with Crippen molar-refractivity contribution in [2.24, 2.45) is 0 Å². The number of carbonyl (C=O) groups is 2. The Morgan fingerprint density at radius 3 is 2.09 bits per heavy atom. The van der Waals surface area contributed by atoms with Crippen LogP contribution >= 0.6 is 0 Å². The van der Waals surface area contributed by atoms with Crippen molar-refractivity contribution >= 4 is 27.3 Å². The second-order valence-electron chi connectivity index (χ2n) is 10.1. The zero-order valence-electron chi connectivity index (χ0n) is 19.6. The molecule has 0 atom stereocenters. The zero-order chi connectivity index (χ0) is 24.3. The molecule has 1 aliphatic heterocycles. The first-order chi connectivity index (χ1) is 15.3. The number of piperidine rings is 1. The molecule has 3 N–H and O–H groups in total. The van der Waals surface area contributed by atoms with Crippen molar-refractivity contribution in [3.8, 4) is 0 Å². The highest BCUT2D eigenvalue weighted by Crippen LogP contribution is 2.28. The van der Waals surface area contributed by atoms with Crippen LogP contribution in [0.4, 0.5) is 5.69 Å². The molecule has 0 unspecified atom stereocenters. The van der Waals surface area contributed by atoms with Crippen molar-refractivity contribution in [2.45, 2.75) is 63.4 Å². The first kappa shape index (κ1) is 24.9. The van der Waals surface area contributed by atoms with Crippen molar-refractivity contribution in [3.05, 3.63) is 65.7 Å². The Balaban J connectivity index is 1.57. The lowest BCUT2D eigenvalue weighted by molar-refractivity contribution is -0.113. The highest BCUT2D eigenvalue weighted by molar-refractivity contribution is 7.91. The molecule has 7 nitrogen and oxygen atoms in total. The summed E-state index contributed by atoms with van der Waals surface area (Å²) in [5, 5.41) is 9.29. The number of sulfone groups is 1. The molecule has 8 heteroatoms. The first-order valence-corrected chi connectivity index (χ1v) is 12.9. The van der Waals surface area contributed by atoms with Gasteiger partial charge in [0.25, 0.3) is 5.91 Å². The van der Waals surface area contributed by atoms with E-state index in [4.69, 9.17) is 0 Å². The van der Waals surface area contributed by atoms with Crippen molar-refractivity contribution in [1.29, 1.82) is 0 Å². The molecule has 2 aromatic rings. The average Bonchev–Trinajstić information content (AvgIpc) is 2.65. The van der Waals surface area contributed by atoms with Gasteiger partial charge in [-0.3, -0.25) is 9.59 Å². The van der Waals surface area contributed by atoms with Gasteiger partial charge in [-0.1, -0.05) is 30.3 Å². The van der Waals surface area contributed by atoms with Crippen LogP contribution in [0.1, 0.15) is 56.5 Å². The molecule has 1 saturated heterocycles. The van der Waals surface area contributed by atoms with Gasteiger partial charge in [0, 0.05) is 28.4 Å². The second kappa shape index (κ2) is 9.65. The summed E-state index contributed by atoms with van der Waals surface area (Å²) >= 11 is 0. The fraction of sp³-hybridized carbons (Fsp3) is 0.440. The topological polar surface area (TPSA) is 104 Å². The Morgan fingerprint density at radius 2 is 1.52 bits per heavy atom. The summed E-state index contributed by atoms with van der Waals surface area (Å²) in [5.74, 6) is -1.63. The second-order valence-corrected chi connectivity index (χ2v) is 12.2. The lowest BCUT2D eigenvalue weighted by Gasteiger charge is -2.46. The zero-order valence-corrected chi connectivity index (χ0v) is 20.5. The summed E-state index contributed by atoms with van der Waals surface area (Å²) in [5.41, 5.74) is 1.40. The predicted octanol–water partition coefficient (Wildman–Crippen LogP) is 3.28. The molecule has 0 bridgehead atoms. The van der Waals surface area contributed by atoms with Crippen molar-refractivity contribution in [1.82, 2.24) is 10.6 Å². The van der Waals surface area contributed by atoms with Gasteiger partial charge in [-0.25, -0.2) is 8.42 Å². The number of anilines is 1. The molecule has 3 rings (SSSR count). The van der Waals surface area contributed by atoms with Gasteiger partial charge >= 0.3 is 0 Å². The average molecular weight is 472 g/mol. The van der Waals surface area contributed by atoms with Crippen molar-refractivity contribution in [3.63, 3.8) is 0 Å². The Hall–Kier alpha value is -2.71. The van der Waals surface area contributed by atoms with E-state index in [1.807, 2.05) is 6.07 Å². The van der Waals surface area contributed by atoms with Crippen LogP contribution in [-0.2, 0) is 20.4 Å². The van der Waals surface area contributed by atoms with Gasteiger partial charge in [0.2, 0.25) is 5.91 Å². The SMILES string of the molecule is CC1(C)CC(NC(=O)c2ccc(CS(=O)(=O)CC(=O)Nc3ccccc3)cc2)CC(C)(C)N1. The van der Waals surface area contributed by atoms with Crippen LogP contribution in [-0.4, -0.2) is 43.1 Å². The monoisotopic (exact) mass is 471 g/mol. The number of amides is 2. The lowest BCUT2D eigenvalue weighted by atomic mass is 9.79. The van der Waals surface area contributed by atoms with E-state index < -0.39 is 21.5 Å². The standard InChI is InChI=1S/C25H33N3O4S/c1-24(2)14-21(15-25(3,4)28-24)27-23(30)19-12-10-18(11-13-19)16-33(31,32)17-22(29)26-20-8-6-5-7-9-20/h5-13,21,28H,14-17H2,1-4H3,(H,26,29)(H,27,30). The molecule has 1 heterocycles. The van der Waals surface area contributed by atoms with E-state index in [0.29, 0.717) is 16.8 Å². The Kier molecular flexibility index (Phi) is 7.29. The van der Waals surface area contributed by atoms with E-state index >= 15 is 0 Å². The van der Waals surface area contributed by atoms with Crippen LogP contribution in [0.5, 0.6) is 0 Å². The number of nitrogens with one attached hydrogen (secondary N) is 3. The summed E-state index contributed by atoms with van der Waals surface area (Å²) in [7, 11) is -3.66.